The van der Waals surface area contributed by atoms with Crippen molar-refractivity contribution in [3.8, 4) is 0 Å². The molecule has 1 aliphatic rings. The molecule has 2 aromatic heterocycles. The Hall–Kier alpha value is -1.85. The van der Waals surface area contributed by atoms with Crippen LogP contribution in [0.15, 0.2) is 0 Å². The Morgan fingerprint density at radius 2 is 2.27 bits per heavy atom. The van der Waals surface area contributed by atoms with Gasteiger partial charge in [-0.05, 0) is 12.8 Å². The van der Waals surface area contributed by atoms with Gasteiger partial charge in [0.2, 0.25) is 0 Å². The summed E-state index contributed by atoms with van der Waals surface area (Å²) >= 11 is 0. The summed E-state index contributed by atoms with van der Waals surface area (Å²) < 4.78 is 33.9. The van der Waals surface area contributed by atoms with Gasteiger partial charge in [0.05, 0.1) is 18.9 Å². The van der Waals surface area contributed by atoms with Crippen LogP contribution in [0.2, 0.25) is 0 Å². The van der Waals surface area contributed by atoms with Gasteiger partial charge in [-0.1, -0.05) is 5.21 Å². The van der Waals surface area contributed by atoms with Gasteiger partial charge in [0.15, 0.2) is 22.8 Å². The van der Waals surface area contributed by atoms with Crippen LogP contribution in [0.1, 0.15) is 18.7 Å². The van der Waals surface area contributed by atoms with E-state index < -0.39 is 10.1 Å². The molecule has 120 valence electrons. The van der Waals surface area contributed by atoms with Crippen LogP contribution < -0.4 is 5.73 Å². The van der Waals surface area contributed by atoms with Crippen molar-refractivity contribution in [3.05, 3.63) is 5.82 Å². The molecule has 3 heterocycles. The van der Waals surface area contributed by atoms with Crippen LogP contribution in [0, 0.1) is 0 Å². The van der Waals surface area contributed by atoms with E-state index >= 15 is 0 Å². The molecule has 1 atom stereocenters. The minimum absolute atomic E-state index is 0.0665. The minimum Gasteiger partial charge on any atom is -0.382 e. The van der Waals surface area contributed by atoms with E-state index in [1.165, 1.54) is 0 Å². The molecule has 0 amide bonds. The summed E-state index contributed by atoms with van der Waals surface area (Å²) in [5.74, 6) is 0.294. The van der Waals surface area contributed by atoms with Crippen molar-refractivity contribution in [1.82, 2.24) is 25.0 Å². The summed E-state index contributed by atoms with van der Waals surface area (Å²) in [7, 11) is -3.58. The highest BCUT2D eigenvalue weighted by molar-refractivity contribution is 7.85. The molecule has 22 heavy (non-hydrogen) atoms. The molecule has 1 saturated heterocycles. The highest BCUT2D eigenvalue weighted by atomic mass is 32.2. The van der Waals surface area contributed by atoms with Gasteiger partial charge in [-0.2, -0.15) is 8.42 Å². The molecule has 2 aromatic rings. The molecule has 10 nitrogen and oxygen atoms in total. The minimum atomic E-state index is -3.58. The zero-order valence-electron chi connectivity index (χ0n) is 12.0. The lowest BCUT2D eigenvalue weighted by Crippen LogP contribution is -2.17. The molecule has 0 aliphatic carbocycles. The summed E-state index contributed by atoms with van der Waals surface area (Å²) in [6.07, 6.45) is 2.99. The normalized spacial score (nSPS) is 19.0. The summed E-state index contributed by atoms with van der Waals surface area (Å²) in [5.41, 5.74) is 6.63. The molecule has 0 aromatic carbocycles. The topological polar surface area (TPSA) is 135 Å². The number of aromatic nitrogens is 5. The van der Waals surface area contributed by atoms with Gasteiger partial charge in [0.1, 0.15) is 6.61 Å². The lowest BCUT2D eigenvalue weighted by atomic mass is 10.2. The van der Waals surface area contributed by atoms with E-state index in [1.54, 1.807) is 4.68 Å². The molecule has 2 N–H and O–H groups in total. The van der Waals surface area contributed by atoms with Gasteiger partial charge >= 0.3 is 0 Å². The third-order valence-corrected chi connectivity index (χ3v) is 3.78. The summed E-state index contributed by atoms with van der Waals surface area (Å²) in [6, 6.07) is 0. The zero-order chi connectivity index (χ0) is 15.7. The van der Waals surface area contributed by atoms with Crippen LogP contribution in [0.4, 0.5) is 5.82 Å². The van der Waals surface area contributed by atoms with Crippen LogP contribution in [-0.4, -0.2) is 52.3 Å². The maximum absolute atomic E-state index is 11.0. The number of rotatable bonds is 5. The average molecular weight is 328 g/mol. The van der Waals surface area contributed by atoms with Crippen LogP contribution in [0.3, 0.4) is 0 Å². The van der Waals surface area contributed by atoms with Crippen molar-refractivity contribution in [2.45, 2.75) is 32.1 Å². The summed E-state index contributed by atoms with van der Waals surface area (Å²) in [6.45, 7) is 0.964. The van der Waals surface area contributed by atoms with Gasteiger partial charge in [0.25, 0.3) is 10.1 Å². The van der Waals surface area contributed by atoms with E-state index in [0.29, 0.717) is 17.7 Å². The molecule has 0 saturated carbocycles. The smallest absolute Gasteiger partial charge is 0.264 e. The van der Waals surface area contributed by atoms with Crippen molar-refractivity contribution in [3.63, 3.8) is 0 Å². The number of hydrogen-bond donors (Lipinski definition) is 1. The molecule has 1 aliphatic heterocycles. The Bertz CT molecular complexity index is 783. The van der Waals surface area contributed by atoms with Crippen LogP contribution in [-0.2, 0) is 32.2 Å². The Labute approximate surface area is 126 Å². The fraction of sp³-hybridized carbons (Fsp3) is 0.636. The number of nitrogen functional groups attached to an aromatic ring is 1. The van der Waals surface area contributed by atoms with Gasteiger partial charge < -0.3 is 10.5 Å². The highest BCUT2D eigenvalue weighted by Crippen LogP contribution is 2.19. The first-order valence-electron chi connectivity index (χ1n) is 6.74. The van der Waals surface area contributed by atoms with E-state index in [0.717, 1.165) is 25.7 Å². The Morgan fingerprint density at radius 1 is 1.45 bits per heavy atom. The average Bonchev–Trinajstić information content (AvgIpc) is 3.07. The lowest BCUT2D eigenvalue weighted by molar-refractivity contribution is 0.0944. The third kappa shape index (κ3) is 3.31. The predicted molar refractivity (Wildman–Crippen MR) is 76.1 cm³/mol. The van der Waals surface area contributed by atoms with Crippen molar-refractivity contribution >= 4 is 27.1 Å². The molecule has 0 radical (unpaired) electrons. The van der Waals surface area contributed by atoms with Crippen LogP contribution >= 0.6 is 0 Å². The zero-order valence-corrected chi connectivity index (χ0v) is 12.8. The Balaban J connectivity index is 1.88. The third-order valence-electron chi connectivity index (χ3n) is 3.24. The number of fused-ring (bicyclic) bond motifs is 1. The predicted octanol–water partition coefficient (Wildman–Crippen LogP) is -0.541. The first-order chi connectivity index (χ1) is 10.4. The molecule has 1 unspecified atom stereocenters. The van der Waals surface area contributed by atoms with Crippen molar-refractivity contribution in [1.29, 1.82) is 0 Å². The number of nitrogens with zero attached hydrogens (tertiary/aromatic N) is 5. The Kier molecular flexibility index (Phi) is 3.93. The molecule has 0 bridgehead atoms. The van der Waals surface area contributed by atoms with Crippen molar-refractivity contribution in [2.75, 3.05) is 18.6 Å². The summed E-state index contributed by atoms with van der Waals surface area (Å²) in [5, 5.41) is 7.97. The van der Waals surface area contributed by atoms with E-state index in [2.05, 4.69) is 24.5 Å². The molecular weight excluding hydrogens is 312 g/mol. The molecular formula is C11H16N6O4S. The second-order valence-electron chi connectivity index (χ2n) is 5.07. The van der Waals surface area contributed by atoms with Gasteiger partial charge in [-0.3, -0.25) is 4.18 Å². The number of anilines is 1. The fourth-order valence-corrected chi connectivity index (χ4v) is 2.57. The second kappa shape index (κ2) is 5.74. The number of ether oxygens (including phenoxy) is 1. The molecule has 3 rings (SSSR count). The van der Waals surface area contributed by atoms with Gasteiger partial charge in [-0.15, -0.1) is 5.10 Å². The van der Waals surface area contributed by atoms with Crippen molar-refractivity contribution in [2.24, 2.45) is 0 Å². The standard InChI is InChI=1S/C11H16N6O4S/c1-22(18,19)21-6-8-13-10(12)9-11(14-8)17(16-15-9)5-7-3-2-4-20-7/h7H,2-6H2,1H3,(H2,12,13,14). The van der Waals surface area contributed by atoms with E-state index in [1.807, 2.05) is 0 Å². The number of hydrogen-bond acceptors (Lipinski definition) is 9. The Morgan fingerprint density at radius 3 is 2.95 bits per heavy atom. The fourth-order valence-electron chi connectivity index (χ4n) is 2.25. The highest BCUT2D eigenvalue weighted by Gasteiger charge is 2.20. The monoisotopic (exact) mass is 328 g/mol. The number of nitrogens with two attached hydrogens (primary N) is 1. The lowest BCUT2D eigenvalue weighted by Gasteiger charge is -2.09. The molecule has 0 spiro atoms. The van der Waals surface area contributed by atoms with Gasteiger partial charge in [0, 0.05) is 6.61 Å². The second-order valence-corrected chi connectivity index (χ2v) is 6.71. The first kappa shape index (κ1) is 15.1. The van der Waals surface area contributed by atoms with E-state index in [-0.39, 0.29) is 24.4 Å². The van der Waals surface area contributed by atoms with Gasteiger partial charge in [-0.25, -0.2) is 14.6 Å². The van der Waals surface area contributed by atoms with E-state index in [9.17, 15) is 8.42 Å². The maximum Gasteiger partial charge on any atom is 0.264 e. The SMILES string of the molecule is CS(=O)(=O)OCc1nc(N)c2nnn(CC3CCCO3)c2n1. The van der Waals surface area contributed by atoms with E-state index in [4.69, 9.17) is 10.5 Å². The quantitative estimate of drug-likeness (QED) is 0.717. The van der Waals surface area contributed by atoms with Crippen LogP contribution in [0.25, 0.3) is 11.2 Å². The first-order valence-corrected chi connectivity index (χ1v) is 8.55. The maximum atomic E-state index is 11.0. The largest absolute Gasteiger partial charge is 0.382 e. The summed E-state index contributed by atoms with van der Waals surface area (Å²) in [4.78, 5) is 8.22. The molecule has 1 fully saturated rings. The van der Waals surface area contributed by atoms with Crippen molar-refractivity contribution < 1.29 is 17.3 Å². The van der Waals surface area contributed by atoms with Crippen LogP contribution in [0.5, 0.6) is 0 Å². The molecule has 11 heteroatoms.